The Morgan fingerprint density at radius 3 is 1.47 bits per heavy atom. The molecule has 30 heavy (non-hydrogen) atoms. The summed E-state index contributed by atoms with van der Waals surface area (Å²) < 4.78 is 2.62. The molecule has 0 spiro atoms. The Morgan fingerprint density at radius 2 is 0.967 bits per heavy atom. The van der Waals surface area contributed by atoms with Gasteiger partial charge in [0.1, 0.15) is 6.54 Å². The summed E-state index contributed by atoms with van der Waals surface area (Å²) in [6, 6.07) is 4.82. The zero-order chi connectivity index (χ0) is 21.9. The molecule has 1 rings (SSSR count). The molecule has 1 nitrogen and oxygen atoms in total. The average molecular weight is 417 g/mol. The maximum absolute atomic E-state index is 2.62. The first-order valence-electron chi connectivity index (χ1n) is 13.7. The molecule has 0 radical (unpaired) electrons. The molecule has 1 heterocycles. The Labute approximate surface area is 190 Å². The van der Waals surface area contributed by atoms with Gasteiger partial charge in [0.05, 0.1) is 0 Å². The number of aromatic nitrogens is 1. The number of hydrogen-bond donors (Lipinski definition) is 0. The summed E-state index contributed by atoms with van der Waals surface area (Å²) in [6.45, 7) is 10.4. The largest absolute Gasteiger partial charge is 0.200 e. The molecule has 0 amide bonds. The highest BCUT2D eigenvalue weighted by molar-refractivity contribution is 5.14. The van der Waals surface area contributed by atoms with Crippen molar-refractivity contribution in [2.24, 2.45) is 0 Å². The van der Waals surface area contributed by atoms with E-state index in [0.29, 0.717) is 0 Å². The Kier molecular flexibility index (Phi) is 17.1. The first kappa shape index (κ1) is 27.2. The molecule has 0 N–H and O–H groups in total. The van der Waals surface area contributed by atoms with E-state index in [1.807, 2.05) is 0 Å². The molecule has 0 saturated heterocycles. The van der Waals surface area contributed by atoms with Crippen LogP contribution in [-0.4, -0.2) is 0 Å². The molecule has 0 bridgehead atoms. The first-order valence-corrected chi connectivity index (χ1v) is 13.7. The van der Waals surface area contributed by atoms with Crippen LogP contribution in [0.25, 0.3) is 0 Å². The predicted molar refractivity (Wildman–Crippen MR) is 134 cm³/mol. The van der Waals surface area contributed by atoms with Crippen LogP contribution in [0.15, 0.2) is 12.1 Å². The molecule has 0 fully saturated rings. The fourth-order valence-corrected chi connectivity index (χ4v) is 4.74. The van der Waals surface area contributed by atoms with Crippen LogP contribution in [0.2, 0.25) is 0 Å². The summed E-state index contributed by atoms with van der Waals surface area (Å²) in [5, 5.41) is 0. The third-order valence-corrected chi connectivity index (χ3v) is 6.63. The number of nitrogens with zero attached hydrogens (tertiary/aromatic N) is 1. The molecule has 0 saturated carbocycles. The van der Waals surface area contributed by atoms with Gasteiger partial charge >= 0.3 is 0 Å². The van der Waals surface area contributed by atoms with E-state index in [9.17, 15) is 0 Å². The van der Waals surface area contributed by atoms with Gasteiger partial charge in [-0.15, -0.1) is 0 Å². The van der Waals surface area contributed by atoms with Crippen molar-refractivity contribution in [2.75, 3.05) is 0 Å². The van der Waals surface area contributed by atoms with Crippen molar-refractivity contribution >= 4 is 0 Å². The fourth-order valence-electron chi connectivity index (χ4n) is 4.74. The zero-order valence-corrected chi connectivity index (χ0v) is 21.2. The van der Waals surface area contributed by atoms with E-state index >= 15 is 0 Å². The van der Waals surface area contributed by atoms with Gasteiger partial charge in [-0.1, -0.05) is 110 Å². The molecule has 0 aliphatic heterocycles. The maximum Gasteiger partial charge on any atom is 0.181 e. The Balaban J connectivity index is 2.24. The van der Waals surface area contributed by atoms with Crippen LogP contribution in [-0.2, 0) is 13.0 Å². The lowest BCUT2D eigenvalue weighted by Gasteiger charge is -2.09. The molecule has 0 aromatic carbocycles. The van der Waals surface area contributed by atoms with Gasteiger partial charge in [-0.3, -0.25) is 0 Å². The first-order chi connectivity index (χ1) is 14.7. The van der Waals surface area contributed by atoms with E-state index in [2.05, 4.69) is 44.4 Å². The predicted octanol–water partition coefficient (Wildman–Crippen LogP) is 9.20. The Bertz CT molecular complexity index is 519. The quantitative estimate of drug-likeness (QED) is 0.147. The maximum atomic E-state index is 2.62. The second-order valence-corrected chi connectivity index (χ2v) is 9.72. The summed E-state index contributed by atoms with van der Waals surface area (Å²) in [4.78, 5) is 0. The van der Waals surface area contributed by atoms with Gasteiger partial charge < -0.3 is 0 Å². The van der Waals surface area contributed by atoms with Crippen LogP contribution in [0.4, 0.5) is 0 Å². The topological polar surface area (TPSA) is 3.88 Å². The van der Waals surface area contributed by atoms with Crippen molar-refractivity contribution in [3.8, 4) is 0 Å². The number of unbranched alkanes of at least 4 members (excludes halogenated alkanes) is 16. The minimum absolute atomic E-state index is 1.22. The van der Waals surface area contributed by atoms with Crippen molar-refractivity contribution in [3.63, 3.8) is 0 Å². The van der Waals surface area contributed by atoms with Crippen molar-refractivity contribution in [2.45, 2.75) is 156 Å². The molecule has 1 aromatic heterocycles. The van der Waals surface area contributed by atoms with Crippen LogP contribution in [0, 0.1) is 13.8 Å². The van der Waals surface area contributed by atoms with Crippen LogP contribution < -0.4 is 4.57 Å². The minimum Gasteiger partial charge on any atom is -0.200 e. The van der Waals surface area contributed by atoms with Gasteiger partial charge in [0.25, 0.3) is 0 Å². The summed E-state index contributed by atoms with van der Waals surface area (Å²) in [5.41, 5.74) is 4.47. The van der Waals surface area contributed by atoms with Crippen LogP contribution in [0.5, 0.6) is 0 Å². The van der Waals surface area contributed by atoms with Gasteiger partial charge in [-0.25, -0.2) is 4.57 Å². The third-order valence-electron chi connectivity index (χ3n) is 6.63. The van der Waals surface area contributed by atoms with E-state index < -0.39 is 0 Å². The lowest BCUT2D eigenvalue weighted by atomic mass is 10.0. The normalized spacial score (nSPS) is 11.3. The van der Waals surface area contributed by atoms with Crippen molar-refractivity contribution < 1.29 is 4.57 Å². The molecular weight excluding hydrogens is 362 g/mol. The third kappa shape index (κ3) is 13.5. The molecule has 174 valence electrons. The van der Waals surface area contributed by atoms with E-state index in [-0.39, 0.29) is 0 Å². The molecule has 1 aromatic rings. The molecule has 0 aliphatic carbocycles. The molecule has 0 atom stereocenters. The van der Waals surface area contributed by atoms with Crippen LogP contribution in [0.1, 0.15) is 146 Å². The van der Waals surface area contributed by atoms with Crippen LogP contribution >= 0.6 is 0 Å². The zero-order valence-electron chi connectivity index (χ0n) is 21.2. The standard InChI is InChI=1S/C29H54N/c1-5-7-9-11-13-15-16-18-20-22-24-30-28(4)25-27(3)26-29(30)23-21-19-17-14-12-10-8-6-2/h25-26H,5-24H2,1-4H3/q+1. The molecule has 0 unspecified atom stereocenters. The van der Waals surface area contributed by atoms with E-state index in [4.69, 9.17) is 0 Å². The summed E-state index contributed by atoms with van der Waals surface area (Å²) >= 11 is 0. The van der Waals surface area contributed by atoms with E-state index in [1.54, 1.807) is 5.69 Å². The SMILES string of the molecule is CCCCCCCCCCCC[n+]1c(C)cc(C)cc1CCCCCCCCCC. The fraction of sp³-hybridized carbons (Fsp3) is 0.828. The molecule has 1 heteroatoms. The number of rotatable bonds is 20. The monoisotopic (exact) mass is 416 g/mol. The number of pyridine rings is 1. The second-order valence-electron chi connectivity index (χ2n) is 9.72. The average Bonchev–Trinajstić information content (AvgIpc) is 2.72. The van der Waals surface area contributed by atoms with Crippen molar-refractivity contribution in [3.05, 3.63) is 29.1 Å². The number of aryl methyl sites for hydroxylation is 3. The van der Waals surface area contributed by atoms with Gasteiger partial charge in [0, 0.05) is 31.9 Å². The molecular formula is C29H54N+. The second kappa shape index (κ2) is 18.9. The lowest BCUT2D eigenvalue weighted by Crippen LogP contribution is -2.41. The molecule has 0 aliphatic rings. The highest BCUT2D eigenvalue weighted by atomic mass is 15.0. The smallest absolute Gasteiger partial charge is 0.181 e. The summed E-state index contributed by atoms with van der Waals surface area (Å²) in [6.07, 6.45) is 26.7. The highest BCUT2D eigenvalue weighted by Crippen LogP contribution is 2.13. The van der Waals surface area contributed by atoms with Gasteiger partial charge in [-0.05, 0) is 25.3 Å². The van der Waals surface area contributed by atoms with Crippen molar-refractivity contribution in [1.82, 2.24) is 0 Å². The highest BCUT2D eigenvalue weighted by Gasteiger charge is 2.14. The summed E-state index contributed by atoms with van der Waals surface area (Å²) in [5.74, 6) is 0. The van der Waals surface area contributed by atoms with Gasteiger partial charge in [0.15, 0.2) is 11.4 Å². The Hall–Kier alpha value is -0.850. The number of hydrogen-bond acceptors (Lipinski definition) is 0. The van der Waals surface area contributed by atoms with E-state index in [0.717, 1.165) is 0 Å². The van der Waals surface area contributed by atoms with Crippen LogP contribution in [0.3, 0.4) is 0 Å². The minimum atomic E-state index is 1.22. The lowest BCUT2D eigenvalue weighted by molar-refractivity contribution is -0.710. The summed E-state index contributed by atoms with van der Waals surface area (Å²) in [7, 11) is 0. The van der Waals surface area contributed by atoms with Gasteiger partial charge in [0.2, 0.25) is 0 Å². The van der Waals surface area contributed by atoms with Gasteiger partial charge in [-0.2, -0.15) is 0 Å². The van der Waals surface area contributed by atoms with E-state index in [1.165, 1.54) is 140 Å². The Morgan fingerprint density at radius 1 is 0.533 bits per heavy atom. The van der Waals surface area contributed by atoms with Crippen molar-refractivity contribution in [1.29, 1.82) is 0 Å².